The van der Waals surface area contributed by atoms with Gasteiger partial charge in [0.2, 0.25) is 10.0 Å². The number of carbonyl (C=O) groups is 1. The van der Waals surface area contributed by atoms with Gasteiger partial charge in [-0.05, 0) is 87.1 Å². The first-order chi connectivity index (χ1) is 20.6. The van der Waals surface area contributed by atoms with Crippen LogP contribution in [-0.2, 0) is 21.4 Å². The molecule has 2 aromatic carbocycles. The van der Waals surface area contributed by atoms with Crippen molar-refractivity contribution in [3.05, 3.63) is 82.9 Å². The lowest BCUT2D eigenvalue weighted by Gasteiger charge is -2.34. The fourth-order valence-electron chi connectivity index (χ4n) is 6.36. The molecule has 1 spiro atoms. The maximum Gasteiger partial charge on any atom is 0.243 e. The monoisotopic (exact) mass is 601 g/mol. The van der Waals surface area contributed by atoms with Gasteiger partial charge in [0.05, 0.1) is 35.3 Å². The number of benzene rings is 2. The molecular weight excluding hydrogens is 566 g/mol. The largest absolute Gasteiger partial charge is 0.497 e. The SMILES string of the molecule is COc1cc(C)c(S(=O)(=O)N(C)Cc2nc3cccc(C(=O)C4CCC5(CC4)CC(c4ccncc4)=NO5)c3[nH]2)c(C)c1. The van der Waals surface area contributed by atoms with Gasteiger partial charge >= 0.3 is 0 Å². The Morgan fingerprint density at radius 3 is 2.49 bits per heavy atom. The van der Waals surface area contributed by atoms with Crippen molar-refractivity contribution in [1.82, 2.24) is 19.3 Å². The third-order valence-electron chi connectivity index (χ3n) is 8.66. The van der Waals surface area contributed by atoms with E-state index in [-0.39, 0.29) is 28.7 Å². The highest BCUT2D eigenvalue weighted by atomic mass is 32.2. The number of aromatic amines is 1. The Balaban J connectivity index is 1.16. The first-order valence-corrected chi connectivity index (χ1v) is 15.8. The molecule has 10 nitrogen and oxygen atoms in total. The maximum atomic E-state index is 13.8. The number of nitrogens with one attached hydrogen (secondary N) is 1. The molecule has 224 valence electrons. The number of ketones is 1. The molecule has 0 atom stereocenters. The Morgan fingerprint density at radius 1 is 1.12 bits per heavy atom. The van der Waals surface area contributed by atoms with Crippen LogP contribution in [0.25, 0.3) is 11.0 Å². The van der Waals surface area contributed by atoms with Crippen molar-refractivity contribution in [1.29, 1.82) is 0 Å². The number of nitrogens with zero attached hydrogens (tertiary/aromatic N) is 4. The number of sulfonamides is 1. The van der Waals surface area contributed by atoms with E-state index in [1.807, 2.05) is 30.3 Å². The summed E-state index contributed by atoms with van der Waals surface area (Å²) in [7, 11) is -0.724. The van der Waals surface area contributed by atoms with Crippen molar-refractivity contribution < 1.29 is 22.8 Å². The number of imidazole rings is 1. The van der Waals surface area contributed by atoms with Crippen LogP contribution in [0.1, 0.15) is 65.0 Å². The van der Waals surface area contributed by atoms with Gasteiger partial charge in [0.25, 0.3) is 0 Å². The number of hydrogen-bond acceptors (Lipinski definition) is 8. The minimum Gasteiger partial charge on any atom is -0.497 e. The van der Waals surface area contributed by atoms with Crippen molar-refractivity contribution in [2.75, 3.05) is 14.2 Å². The standard InChI is InChI=1S/C32H35N5O5S/c1-20-16-24(41-4)17-21(2)31(20)43(39,40)37(3)19-28-34-26-7-5-6-25(29(26)35-28)30(38)23-8-12-32(13-9-23)18-27(36-42-32)22-10-14-33-15-11-22/h5-7,10-11,14-17,23H,8-9,12-13,18-19H2,1-4H3,(H,34,35). The Bertz CT molecular complexity index is 1800. The zero-order valence-corrected chi connectivity index (χ0v) is 25.6. The predicted molar refractivity (Wildman–Crippen MR) is 163 cm³/mol. The Labute approximate surface area is 251 Å². The van der Waals surface area contributed by atoms with E-state index in [9.17, 15) is 13.2 Å². The molecule has 2 aromatic heterocycles. The van der Waals surface area contributed by atoms with Gasteiger partial charge in [-0.15, -0.1) is 0 Å². The molecule has 4 aromatic rings. The van der Waals surface area contributed by atoms with Crippen molar-refractivity contribution in [2.24, 2.45) is 11.1 Å². The lowest BCUT2D eigenvalue weighted by atomic mass is 9.74. The molecule has 11 heteroatoms. The van der Waals surface area contributed by atoms with E-state index < -0.39 is 10.0 Å². The number of aromatic nitrogens is 3. The lowest BCUT2D eigenvalue weighted by Crippen LogP contribution is -2.36. The quantitative estimate of drug-likeness (QED) is 0.270. The minimum atomic E-state index is -3.81. The number of pyridine rings is 1. The van der Waals surface area contributed by atoms with Crippen LogP contribution < -0.4 is 4.74 Å². The molecule has 1 fully saturated rings. The fraction of sp³-hybridized carbons (Fsp3) is 0.375. The summed E-state index contributed by atoms with van der Waals surface area (Å²) in [5.41, 5.74) is 4.63. The number of methoxy groups -OCH3 is 1. The van der Waals surface area contributed by atoms with Crippen LogP contribution in [0.5, 0.6) is 5.75 Å². The number of aryl methyl sites for hydroxylation is 2. The van der Waals surface area contributed by atoms with Gasteiger partial charge in [-0.25, -0.2) is 13.4 Å². The molecule has 0 radical (unpaired) electrons. The molecule has 6 rings (SSSR count). The predicted octanol–water partition coefficient (Wildman–Crippen LogP) is 5.34. The van der Waals surface area contributed by atoms with Crippen molar-refractivity contribution in [3.63, 3.8) is 0 Å². The summed E-state index contributed by atoms with van der Waals surface area (Å²) in [4.78, 5) is 31.9. The molecule has 1 N–H and O–H groups in total. The Morgan fingerprint density at radius 2 is 1.81 bits per heavy atom. The van der Waals surface area contributed by atoms with Crippen LogP contribution in [0.4, 0.5) is 0 Å². The van der Waals surface area contributed by atoms with Crippen LogP contribution in [0.2, 0.25) is 0 Å². The number of oxime groups is 1. The highest BCUT2D eigenvalue weighted by Gasteiger charge is 2.44. The zero-order valence-electron chi connectivity index (χ0n) is 24.8. The second kappa shape index (κ2) is 11.2. The van der Waals surface area contributed by atoms with Crippen molar-refractivity contribution in [3.8, 4) is 5.75 Å². The molecule has 0 amide bonds. The number of hydrogen-bond donors (Lipinski definition) is 1. The van der Waals surface area contributed by atoms with Gasteiger partial charge in [0.15, 0.2) is 5.78 Å². The van der Waals surface area contributed by atoms with Crippen molar-refractivity contribution >= 4 is 32.6 Å². The van der Waals surface area contributed by atoms with E-state index in [0.29, 0.717) is 52.1 Å². The minimum absolute atomic E-state index is 0.0264. The molecule has 2 aliphatic rings. The summed E-state index contributed by atoms with van der Waals surface area (Å²) >= 11 is 0. The number of rotatable bonds is 8. The maximum absolute atomic E-state index is 13.8. The number of H-pyrrole nitrogens is 1. The third-order valence-corrected chi connectivity index (χ3v) is 10.8. The van der Waals surface area contributed by atoms with Crippen LogP contribution >= 0.6 is 0 Å². The summed E-state index contributed by atoms with van der Waals surface area (Å²) in [6.45, 7) is 3.54. The summed E-state index contributed by atoms with van der Waals surface area (Å²) < 4.78 is 33.7. The molecule has 0 bridgehead atoms. The number of para-hydroxylation sites is 1. The molecule has 0 saturated heterocycles. The fourth-order valence-corrected chi connectivity index (χ4v) is 7.90. The molecule has 1 aliphatic heterocycles. The zero-order chi connectivity index (χ0) is 30.4. The average molecular weight is 602 g/mol. The number of Topliss-reactive ketones (excluding diaryl/α,β-unsaturated/α-hetero) is 1. The second-order valence-corrected chi connectivity index (χ2v) is 13.6. The summed E-state index contributed by atoms with van der Waals surface area (Å²) in [6, 6.07) is 12.8. The second-order valence-electron chi connectivity index (χ2n) is 11.6. The topological polar surface area (TPSA) is 127 Å². The lowest BCUT2D eigenvalue weighted by molar-refractivity contribution is -0.0515. The van der Waals surface area contributed by atoms with Crippen LogP contribution in [0.15, 0.2) is 64.9 Å². The normalized spacial score (nSPS) is 20.4. The average Bonchev–Trinajstić information content (AvgIpc) is 3.61. The van der Waals surface area contributed by atoms with Gasteiger partial charge in [0, 0.05) is 42.9 Å². The highest BCUT2D eigenvalue weighted by molar-refractivity contribution is 7.89. The Hall–Kier alpha value is -4.09. The number of carbonyl (C=O) groups excluding carboxylic acids is 1. The van der Waals surface area contributed by atoms with Crippen LogP contribution in [0, 0.1) is 19.8 Å². The van der Waals surface area contributed by atoms with E-state index in [0.717, 1.165) is 30.5 Å². The molecule has 0 unspecified atom stereocenters. The summed E-state index contributed by atoms with van der Waals surface area (Å²) in [6.07, 6.45) is 7.13. The van der Waals surface area contributed by atoms with E-state index >= 15 is 0 Å². The first-order valence-electron chi connectivity index (χ1n) is 14.4. The summed E-state index contributed by atoms with van der Waals surface area (Å²) in [5.74, 6) is 1.00. The van der Waals surface area contributed by atoms with E-state index in [1.165, 1.54) is 11.4 Å². The number of ether oxygens (including phenoxy) is 1. The molecule has 1 aliphatic carbocycles. The smallest absolute Gasteiger partial charge is 0.243 e. The molecule has 3 heterocycles. The van der Waals surface area contributed by atoms with E-state index in [4.69, 9.17) is 9.57 Å². The number of fused-ring (bicyclic) bond motifs is 1. The van der Waals surface area contributed by atoms with E-state index in [2.05, 4.69) is 20.1 Å². The van der Waals surface area contributed by atoms with E-state index in [1.54, 1.807) is 45.5 Å². The third kappa shape index (κ3) is 5.43. The van der Waals surface area contributed by atoms with Crippen molar-refractivity contribution in [2.45, 2.75) is 63.0 Å². The molecule has 1 saturated carbocycles. The van der Waals surface area contributed by atoms with Gasteiger partial charge < -0.3 is 14.6 Å². The van der Waals surface area contributed by atoms with Crippen LogP contribution in [0.3, 0.4) is 0 Å². The highest BCUT2D eigenvalue weighted by Crippen LogP contribution is 2.42. The van der Waals surface area contributed by atoms with Gasteiger partial charge in [-0.1, -0.05) is 11.2 Å². The van der Waals surface area contributed by atoms with Gasteiger partial charge in [0.1, 0.15) is 17.2 Å². The first kappa shape index (κ1) is 29.0. The molecular formula is C32H35N5O5S. The van der Waals surface area contributed by atoms with Crippen LogP contribution in [-0.4, -0.2) is 58.9 Å². The Kier molecular flexibility index (Phi) is 7.55. The van der Waals surface area contributed by atoms with Gasteiger partial charge in [-0.2, -0.15) is 4.31 Å². The van der Waals surface area contributed by atoms with Gasteiger partial charge in [-0.3, -0.25) is 9.78 Å². The molecule has 43 heavy (non-hydrogen) atoms. The summed E-state index contributed by atoms with van der Waals surface area (Å²) in [5, 5.41) is 4.37.